The van der Waals surface area contributed by atoms with E-state index in [1.165, 1.54) is 0 Å². The van der Waals surface area contributed by atoms with E-state index >= 15 is 4.79 Å². The third-order valence-electron chi connectivity index (χ3n) is 17.1. The SMILES string of the molecule is CC1CC=CC=C1C1[C@H](C(=O)O)[C@H](c2ccccc2)[C@H]1C(=O)O[C@H]1CC(c2cccc([C@@H]3[C@H](C(=O)O)[C@@H](c4ccccc4)[C@H]3C(=O)O[C@H]3CCCC[C@@H]3C3C=CC=CC3)c2)CCC1c1ccccc1. The highest BCUT2D eigenvalue weighted by Gasteiger charge is 2.61. The zero-order chi connectivity index (χ0) is 47.6. The molecule has 0 heterocycles. The van der Waals surface area contributed by atoms with Crippen LogP contribution in [0.15, 0.2) is 163 Å². The van der Waals surface area contributed by atoms with Crippen molar-refractivity contribution in [2.75, 3.05) is 0 Å². The van der Waals surface area contributed by atoms with Gasteiger partial charge in [-0.3, -0.25) is 19.2 Å². The maximum atomic E-state index is 15.0. The number of aliphatic carboxylic acids is 2. The molecule has 0 bridgehead atoms. The summed E-state index contributed by atoms with van der Waals surface area (Å²) < 4.78 is 13.4. The monoisotopic (exact) mass is 924 g/mol. The fourth-order valence-corrected chi connectivity index (χ4v) is 13.7. The highest BCUT2D eigenvalue weighted by molar-refractivity contribution is 5.85. The third-order valence-corrected chi connectivity index (χ3v) is 17.1. The number of carbonyl (C=O) groups is 4. The van der Waals surface area contributed by atoms with Crippen LogP contribution in [-0.4, -0.2) is 46.3 Å². The highest BCUT2D eigenvalue weighted by Crippen LogP contribution is 2.60. The number of hydrogen-bond acceptors (Lipinski definition) is 6. The van der Waals surface area contributed by atoms with Gasteiger partial charge in [-0.25, -0.2) is 0 Å². The van der Waals surface area contributed by atoms with E-state index in [2.05, 4.69) is 61.6 Å². The summed E-state index contributed by atoms with van der Waals surface area (Å²) in [5.74, 6) is -7.16. The first-order valence-electron chi connectivity index (χ1n) is 25.5. The van der Waals surface area contributed by atoms with Crippen LogP contribution < -0.4 is 0 Å². The van der Waals surface area contributed by atoms with E-state index in [4.69, 9.17) is 9.47 Å². The molecule has 6 aliphatic rings. The number of ether oxygens (including phenoxy) is 2. The van der Waals surface area contributed by atoms with Crippen LogP contribution in [0.1, 0.15) is 122 Å². The van der Waals surface area contributed by atoms with Gasteiger partial charge in [0, 0.05) is 35.5 Å². The van der Waals surface area contributed by atoms with Crippen LogP contribution >= 0.6 is 0 Å². The fourth-order valence-electron chi connectivity index (χ4n) is 13.7. The number of carbonyl (C=O) groups excluding carboxylic acids is 2. The quantitative estimate of drug-likeness (QED) is 0.127. The zero-order valence-corrected chi connectivity index (χ0v) is 39.4. The molecular weight excluding hydrogens is 861 g/mol. The molecule has 4 aromatic rings. The van der Waals surface area contributed by atoms with Gasteiger partial charge in [0.2, 0.25) is 0 Å². The molecule has 69 heavy (non-hydrogen) atoms. The Morgan fingerprint density at radius 3 is 1.70 bits per heavy atom. The van der Waals surface area contributed by atoms with Crippen molar-refractivity contribution in [1.29, 1.82) is 0 Å². The highest BCUT2D eigenvalue weighted by atomic mass is 16.5. The normalized spacial score (nSPS) is 33.8. The van der Waals surface area contributed by atoms with Crippen molar-refractivity contribution >= 4 is 23.9 Å². The van der Waals surface area contributed by atoms with Crippen molar-refractivity contribution in [1.82, 2.24) is 0 Å². The summed E-state index contributed by atoms with van der Waals surface area (Å²) in [5.41, 5.74) is 5.55. The van der Waals surface area contributed by atoms with Gasteiger partial charge in [-0.05, 0) is 96.9 Å². The number of hydrogen-bond donors (Lipinski definition) is 2. The Morgan fingerprint density at radius 1 is 0.522 bits per heavy atom. The predicted octanol–water partition coefficient (Wildman–Crippen LogP) is 12.3. The molecule has 0 saturated heterocycles. The maximum absolute atomic E-state index is 15.0. The van der Waals surface area contributed by atoms with Gasteiger partial charge in [-0.2, -0.15) is 0 Å². The van der Waals surface area contributed by atoms with Gasteiger partial charge in [-0.1, -0.05) is 177 Å². The first-order chi connectivity index (χ1) is 33.7. The van der Waals surface area contributed by atoms with Crippen LogP contribution in [0.4, 0.5) is 0 Å². The van der Waals surface area contributed by atoms with Gasteiger partial charge >= 0.3 is 23.9 Å². The molecule has 5 unspecified atom stereocenters. The molecule has 8 nitrogen and oxygen atoms in total. The van der Waals surface area contributed by atoms with Gasteiger partial charge in [-0.15, -0.1) is 0 Å². The summed E-state index contributed by atoms with van der Waals surface area (Å²) in [6.07, 6.45) is 21.6. The van der Waals surface area contributed by atoms with Crippen LogP contribution in [0.5, 0.6) is 0 Å². The van der Waals surface area contributed by atoms with Crippen molar-refractivity contribution < 1.29 is 38.9 Å². The molecule has 15 atom stereocenters. The van der Waals surface area contributed by atoms with Gasteiger partial charge < -0.3 is 19.7 Å². The second-order valence-corrected chi connectivity index (χ2v) is 20.7. The second-order valence-electron chi connectivity index (χ2n) is 20.7. The standard InChI is InChI=1S/C61H64O8/c1-37-19-14-15-30-45(37)53-55(59(64)65)51(41-26-12-5-13-27-41)57(53)61(67)69-49-36-43(33-34-47(49)39-22-8-3-9-23-39)42-28-18-29-44(35-42)52-54(58(62)63)50(40-24-10-4-11-25-40)56(52)60(66)68-48-32-17-16-31-46(48)38-20-6-2-7-21-38/h2-15,18,20,22-30,35,37-38,43,46-57H,16-17,19,21,31-34,36H2,1H3,(H,62,63)(H,64,65)/t37?,38?,43?,46-,47?,48+,49+,50-,51+,52-,53?,54-,55-,56-,57-/m1/s1. The van der Waals surface area contributed by atoms with E-state index in [1.807, 2.05) is 103 Å². The van der Waals surface area contributed by atoms with E-state index in [0.29, 0.717) is 12.3 Å². The lowest BCUT2D eigenvalue weighted by molar-refractivity contribution is -0.174. The molecule has 6 aliphatic carbocycles. The van der Waals surface area contributed by atoms with Crippen LogP contribution in [0.3, 0.4) is 0 Å². The van der Waals surface area contributed by atoms with Crippen molar-refractivity contribution in [3.8, 4) is 0 Å². The lowest BCUT2D eigenvalue weighted by Gasteiger charge is -2.51. The van der Waals surface area contributed by atoms with Crippen molar-refractivity contribution in [3.05, 3.63) is 191 Å². The Morgan fingerprint density at radius 2 is 1.07 bits per heavy atom. The second kappa shape index (κ2) is 20.4. The summed E-state index contributed by atoms with van der Waals surface area (Å²) in [6.45, 7) is 2.10. The smallest absolute Gasteiger partial charge is 0.310 e. The van der Waals surface area contributed by atoms with Gasteiger partial charge in [0.1, 0.15) is 12.2 Å². The molecule has 0 radical (unpaired) electrons. The van der Waals surface area contributed by atoms with E-state index < -0.39 is 65.4 Å². The molecule has 10 rings (SSSR count). The topological polar surface area (TPSA) is 127 Å². The summed E-state index contributed by atoms with van der Waals surface area (Å²) in [6, 6.07) is 37.5. The molecule has 0 spiro atoms. The minimum Gasteiger partial charge on any atom is -0.481 e. The molecule has 2 N–H and O–H groups in total. The van der Waals surface area contributed by atoms with E-state index in [1.54, 1.807) is 0 Å². The van der Waals surface area contributed by atoms with Gasteiger partial charge in [0.25, 0.3) is 0 Å². The largest absolute Gasteiger partial charge is 0.481 e. The Kier molecular flexibility index (Phi) is 13.7. The number of esters is 2. The molecule has 0 aliphatic heterocycles. The van der Waals surface area contributed by atoms with E-state index in [9.17, 15) is 24.6 Å². The lowest BCUT2D eigenvalue weighted by Crippen LogP contribution is -2.55. The maximum Gasteiger partial charge on any atom is 0.310 e. The minimum absolute atomic E-state index is 0.0259. The number of carboxylic acids is 2. The summed E-state index contributed by atoms with van der Waals surface area (Å²) in [7, 11) is 0. The summed E-state index contributed by atoms with van der Waals surface area (Å²) in [5, 5.41) is 21.7. The van der Waals surface area contributed by atoms with Crippen molar-refractivity contribution in [2.24, 2.45) is 47.3 Å². The fraction of sp³-hybridized carbons (Fsp3) is 0.410. The van der Waals surface area contributed by atoms with Crippen LogP contribution in [0.2, 0.25) is 0 Å². The third kappa shape index (κ3) is 9.20. The summed E-state index contributed by atoms with van der Waals surface area (Å²) in [4.78, 5) is 56.4. The first-order valence-corrected chi connectivity index (χ1v) is 25.5. The molecule has 4 saturated carbocycles. The molecule has 356 valence electrons. The van der Waals surface area contributed by atoms with Gasteiger partial charge in [0.15, 0.2) is 0 Å². The average molecular weight is 925 g/mol. The molecule has 4 fully saturated rings. The Hall–Kier alpha value is -6.28. The number of rotatable bonds is 13. The molecule has 4 aromatic carbocycles. The van der Waals surface area contributed by atoms with Crippen LogP contribution in [0.25, 0.3) is 0 Å². The number of carboxylic acid groups (broad SMARTS) is 2. The zero-order valence-electron chi connectivity index (χ0n) is 39.4. The van der Waals surface area contributed by atoms with Crippen molar-refractivity contribution in [3.63, 3.8) is 0 Å². The summed E-state index contributed by atoms with van der Waals surface area (Å²) >= 11 is 0. The van der Waals surface area contributed by atoms with Crippen LogP contribution in [-0.2, 0) is 28.7 Å². The first kappa shape index (κ1) is 46.4. The van der Waals surface area contributed by atoms with E-state index in [0.717, 1.165) is 84.8 Å². The number of benzene rings is 4. The Balaban J connectivity index is 0.953. The molecule has 0 amide bonds. The van der Waals surface area contributed by atoms with Crippen molar-refractivity contribution in [2.45, 2.75) is 107 Å². The number of allylic oxidation sites excluding steroid dienone is 8. The Labute approximate surface area is 406 Å². The molecule has 0 aromatic heterocycles. The lowest BCUT2D eigenvalue weighted by atomic mass is 9.50. The van der Waals surface area contributed by atoms with Gasteiger partial charge in [0.05, 0.1) is 23.7 Å². The van der Waals surface area contributed by atoms with E-state index in [-0.39, 0.29) is 41.7 Å². The Bertz CT molecular complexity index is 2610. The average Bonchev–Trinajstić information content (AvgIpc) is 3.35. The molecular formula is C61H64O8. The van der Waals surface area contributed by atoms with Crippen LogP contribution in [0, 0.1) is 47.3 Å². The molecule has 8 heteroatoms. The minimum atomic E-state index is -0.934. The predicted molar refractivity (Wildman–Crippen MR) is 265 cm³/mol.